The average Bonchev–Trinajstić information content (AvgIpc) is 2.71. The number of carbonyl (C=O) groups is 2. The van der Waals surface area contributed by atoms with Crippen molar-refractivity contribution in [1.82, 2.24) is 16.0 Å². The van der Waals surface area contributed by atoms with Gasteiger partial charge in [-0.1, -0.05) is 49.4 Å². The van der Waals surface area contributed by atoms with E-state index in [0.29, 0.717) is 19.0 Å². The lowest BCUT2D eigenvalue weighted by atomic mass is 9.98. The smallest absolute Gasteiger partial charge is 0.315 e. The first-order valence-electron chi connectivity index (χ1n) is 9.04. The second-order valence-electron chi connectivity index (χ2n) is 6.33. The van der Waals surface area contributed by atoms with Crippen LogP contribution in [0.25, 0.3) is 0 Å². The van der Waals surface area contributed by atoms with E-state index in [2.05, 4.69) is 35.0 Å². The maximum absolute atomic E-state index is 11.8. The predicted octanol–water partition coefficient (Wildman–Crippen LogP) is 2.80. The Morgan fingerprint density at radius 1 is 0.963 bits per heavy atom. The molecule has 0 aromatic heterocycles. The highest BCUT2D eigenvalue weighted by Gasteiger charge is 2.07. The van der Waals surface area contributed by atoms with E-state index < -0.39 is 0 Å². The van der Waals surface area contributed by atoms with E-state index in [1.807, 2.05) is 42.5 Å². The summed E-state index contributed by atoms with van der Waals surface area (Å²) in [6, 6.07) is 17.3. The minimum atomic E-state index is -0.338. The highest BCUT2D eigenvalue weighted by atomic mass is 16.5. The molecule has 27 heavy (non-hydrogen) atoms. The Balaban J connectivity index is 1.59. The number of methoxy groups -OCH3 is 1. The molecule has 0 fully saturated rings. The lowest BCUT2D eigenvalue weighted by Crippen LogP contribution is -2.42. The Labute approximate surface area is 160 Å². The Bertz CT molecular complexity index is 717. The number of hydrogen-bond donors (Lipinski definition) is 3. The summed E-state index contributed by atoms with van der Waals surface area (Å²) in [5.41, 5.74) is 2.21. The van der Waals surface area contributed by atoms with E-state index in [-0.39, 0.29) is 18.5 Å². The van der Waals surface area contributed by atoms with E-state index >= 15 is 0 Å². The molecule has 1 unspecified atom stereocenters. The maximum Gasteiger partial charge on any atom is 0.315 e. The summed E-state index contributed by atoms with van der Waals surface area (Å²) in [6.45, 7) is 3.02. The van der Waals surface area contributed by atoms with Gasteiger partial charge in [-0.25, -0.2) is 4.79 Å². The van der Waals surface area contributed by atoms with E-state index in [4.69, 9.17) is 4.74 Å². The van der Waals surface area contributed by atoms with Gasteiger partial charge in [-0.2, -0.15) is 0 Å². The molecule has 6 nitrogen and oxygen atoms in total. The van der Waals surface area contributed by atoms with Crippen molar-refractivity contribution >= 4 is 11.9 Å². The van der Waals surface area contributed by atoms with Gasteiger partial charge in [0.1, 0.15) is 5.75 Å². The van der Waals surface area contributed by atoms with Crippen LogP contribution in [0.1, 0.15) is 30.4 Å². The molecule has 2 aromatic carbocycles. The largest absolute Gasteiger partial charge is 0.497 e. The highest BCUT2D eigenvalue weighted by molar-refractivity contribution is 5.83. The molecule has 0 spiro atoms. The number of benzene rings is 2. The van der Waals surface area contributed by atoms with Crippen LogP contribution in [0.4, 0.5) is 4.79 Å². The lowest BCUT2D eigenvalue weighted by Gasteiger charge is -2.13. The monoisotopic (exact) mass is 369 g/mol. The minimum Gasteiger partial charge on any atom is -0.497 e. The zero-order valence-electron chi connectivity index (χ0n) is 15.8. The Hall–Kier alpha value is -3.02. The van der Waals surface area contributed by atoms with E-state index in [1.54, 1.807) is 7.11 Å². The van der Waals surface area contributed by atoms with Gasteiger partial charge in [0, 0.05) is 13.1 Å². The number of hydrogen-bond acceptors (Lipinski definition) is 3. The molecule has 0 aliphatic rings. The Kier molecular flexibility index (Phi) is 8.16. The maximum atomic E-state index is 11.8. The van der Waals surface area contributed by atoms with Crippen LogP contribution in [-0.2, 0) is 11.3 Å². The van der Waals surface area contributed by atoms with Crippen molar-refractivity contribution in [3.05, 3.63) is 65.7 Å². The van der Waals surface area contributed by atoms with Crippen LogP contribution in [0.5, 0.6) is 5.75 Å². The molecule has 6 heteroatoms. The third-order valence-corrected chi connectivity index (χ3v) is 4.29. The number of rotatable bonds is 9. The quantitative estimate of drug-likeness (QED) is 0.636. The molecule has 144 valence electrons. The summed E-state index contributed by atoms with van der Waals surface area (Å²) in [5.74, 6) is 0.892. The van der Waals surface area contributed by atoms with Crippen molar-refractivity contribution in [3.8, 4) is 5.75 Å². The molecule has 2 aromatic rings. The number of carbonyl (C=O) groups excluding carboxylic acids is 2. The van der Waals surface area contributed by atoms with Crippen LogP contribution in [0.3, 0.4) is 0 Å². The van der Waals surface area contributed by atoms with E-state index in [1.165, 1.54) is 5.56 Å². The average molecular weight is 369 g/mol. The highest BCUT2D eigenvalue weighted by Crippen LogP contribution is 2.17. The van der Waals surface area contributed by atoms with Gasteiger partial charge < -0.3 is 20.7 Å². The Morgan fingerprint density at radius 2 is 1.67 bits per heavy atom. The SMILES string of the molecule is COc1ccc(CNC(=O)CNC(=O)NCCC(C)c2ccccc2)cc1. The van der Waals surface area contributed by atoms with Gasteiger partial charge in [0.25, 0.3) is 0 Å². The molecule has 0 aliphatic carbocycles. The van der Waals surface area contributed by atoms with Crippen LogP contribution in [0, 0.1) is 0 Å². The van der Waals surface area contributed by atoms with Crippen molar-refractivity contribution in [1.29, 1.82) is 0 Å². The zero-order chi connectivity index (χ0) is 19.5. The van der Waals surface area contributed by atoms with E-state index in [9.17, 15) is 9.59 Å². The van der Waals surface area contributed by atoms with Crippen LogP contribution in [-0.4, -0.2) is 32.1 Å². The fourth-order valence-electron chi connectivity index (χ4n) is 2.58. The van der Waals surface area contributed by atoms with Crippen LogP contribution >= 0.6 is 0 Å². The van der Waals surface area contributed by atoms with Gasteiger partial charge in [0.05, 0.1) is 13.7 Å². The zero-order valence-corrected chi connectivity index (χ0v) is 15.8. The molecular formula is C21H27N3O3. The Morgan fingerprint density at radius 3 is 2.33 bits per heavy atom. The number of ether oxygens (including phenoxy) is 1. The van der Waals surface area contributed by atoms with Crippen molar-refractivity contribution in [2.24, 2.45) is 0 Å². The fraction of sp³-hybridized carbons (Fsp3) is 0.333. The van der Waals surface area contributed by atoms with Crippen molar-refractivity contribution in [2.45, 2.75) is 25.8 Å². The number of amides is 3. The number of urea groups is 1. The van der Waals surface area contributed by atoms with Gasteiger partial charge in [-0.15, -0.1) is 0 Å². The third kappa shape index (κ3) is 7.40. The minimum absolute atomic E-state index is 0.0593. The van der Waals surface area contributed by atoms with Crippen molar-refractivity contribution in [2.75, 3.05) is 20.2 Å². The van der Waals surface area contributed by atoms with Crippen molar-refractivity contribution < 1.29 is 14.3 Å². The molecule has 3 N–H and O–H groups in total. The molecule has 1 atom stereocenters. The molecule has 3 amide bonds. The molecule has 0 bridgehead atoms. The van der Waals surface area contributed by atoms with Crippen molar-refractivity contribution in [3.63, 3.8) is 0 Å². The topological polar surface area (TPSA) is 79.5 Å². The first-order chi connectivity index (χ1) is 13.1. The summed E-state index contributed by atoms with van der Waals surface area (Å²) in [4.78, 5) is 23.6. The van der Waals surface area contributed by atoms with Gasteiger partial charge in [-0.3, -0.25) is 4.79 Å². The molecule has 2 rings (SSSR count). The predicted molar refractivity (Wildman–Crippen MR) is 106 cm³/mol. The van der Waals surface area contributed by atoms with Crippen LogP contribution < -0.4 is 20.7 Å². The molecule has 0 radical (unpaired) electrons. The summed E-state index contributed by atoms with van der Waals surface area (Å²) in [5, 5.41) is 8.11. The normalized spacial score (nSPS) is 11.3. The molecule has 0 heterocycles. The van der Waals surface area contributed by atoms with Gasteiger partial charge in [-0.05, 0) is 35.6 Å². The van der Waals surface area contributed by atoms with Gasteiger partial charge >= 0.3 is 6.03 Å². The fourth-order valence-corrected chi connectivity index (χ4v) is 2.58. The molecule has 0 saturated carbocycles. The summed E-state index contributed by atoms with van der Waals surface area (Å²) in [6.07, 6.45) is 0.834. The van der Waals surface area contributed by atoms with Gasteiger partial charge in [0.2, 0.25) is 5.91 Å². The summed E-state index contributed by atoms with van der Waals surface area (Å²) in [7, 11) is 1.61. The molecular weight excluding hydrogens is 342 g/mol. The second-order valence-corrected chi connectivity index (χ2v) is 6.33. The summed E-state index contributed by atoms with van der Waals surface area (Å²) >= 11 is 0. The first kappa shape index (κ1) is 20.3. The third-order valence-electron chi connectivity index (χ3n) is 4.29. The standard InChI is InChI=1S/C21H27N3O3/c1-16(18-6-4-3-5-7-18)12-13-22-21(26)24-15-20(25)23-14-17-8-10-19(27-2)11-9-17/h3-11,16H,12-15H2,1-2H3,(H,23,25)(H2,22,24,26). The second kappa shape index (κ2) is 10.9. The number of nitrogens with one attached hydrogen (secondary N) is 3. The summed E-state index contributed by atoms with van der Waals surface area (Å²) < 4.78 is 5.09. The van der Waals surface area contributed by atoms with Crippen LogP contribution in [0.2, 0.25) is 0 Å². The van der Waals surface area contributed by atoms with E-state index in [0.717, 1.165) is 17.7 Å². The lowest BCUT2D eigenvalue weighted by molar-refractivity contribution is -0.120. The van der Waals surface area contributed by atoms with Crippen LogP contribution in [0.15, 0.2) is 54.6 Å². The molecule has 0 saturated heterocycles. The molecule has 0 aliphatic heterocycles. The first-order valence-corrected chi connectivity index (χ1v) is 9.04. The van der Waals surface area contributed by atoms with Gasteiger partial charge in [0.15, 0.2) is 0 Å².